The fourth-order valence-electron chi connectivity index (χ4n) is 1.83. The molecule has 1 rings (SSSR count). The van der Waals surface area contributed by atoms with Crippen molar-refractivity contribution in [2.24, 2.45) is 5.73 Å². The van der Waals surface area contributed by atoms with Crippen molar-refractivity contribution in [2.75, 3.05) is 19.7 Å². The van der Waals surface area contributed by atoms with E-state index in [1.54, 1.807) is 0 Å². The summed E-state index contributed by atoms with van der Waals surface area (Å²) in [4.78, 5) is 2.38. The first-order valence-electron chi connectivity index (χ1n) is 5.32. The Hall–Kier alpha value is -0.610. The summed E-state index contributed by atoms with van der Waals surface area (Å²) < 4.78 is 5.59. The van der Waals surface area contributed by atoms with Crippen molar-refractivity contribution in [2.45, 2.75) is 38.8 Å². The molecular weight excluding hydrogens is 178 g/mol. The van der Waals surface area contributed by atoms with Gasteiger partial charge in [0.1, 0.15) is 0 Å². The molecule has 1 aliphatic heterocycles. The average Bonchev–Trinajstić information content (AvgIpc) is 2.15. The zero-order valence-electron chi connectivity index (χ0n) is 9.12. The van der Waals surface area contributed by atoms with Crippen LogP contribution in [0.25, 0.3) is 0 Å². The third-order valence-electron chi connectivity index (χ3n) is 2.72. The van der Waals surface area contributed by atoms with Crippen LogP contribution in [-0.4, -0.2) is 42.6 Å². The number of amidine groups is 1. The van der Waals surface area contributed by atoms with Gasteiger partial charge in [0.15, 0.2) is 0 Å². The third kappa shape index (κ3) is 3.27. The van der Waals surface area contributed by atoms with Crippen molar-refractivity contribution in [3.05, 3.63) is 0 Å². The molecule has 0 aromatic carbocycles. The average molecular weight is 199 g/mol. The lowest BCUT2D eigenvalue weighted by molar-refractivity contribution is -0.0546. The maximum atomic E-state index is 7.21. The number of morpholine rings is 1. The lowest BCUT2D eigenvalue weighted by atomic mass is 10.1. The molecule has 0 aliphatic carbocycles. The van der Waals surface area contributed by atoms with E-state index < -0.39 is 0 Å². The van der Waals surface area contributed by atoms with Gasteiger partial charge in [0.2, 0.25) is 0 Å². The smallest absolute Gasteiger partial charge is 0.0918 e. The second-order valence-corrected chi connectivity index (χ2v) is 3.98. The molecule has 1 fully saturated rings. The molecule has 82 valence electrons. The second kappa shape index (κ2) is 5.32. The molecule has 0 radical (unpaired) electrons. The zero-order chi connectivity index (χ0) is 10.6. The Balaban J connectivity index is 2.40. The highest BCUT2D eigenvalue weighted by atomic mass is 16.5. The predicted octanol–water partition coefficient (Wildman–Crippen LogP) is 0.812. The molecule has 0 saturated carbocycles. The number of hydrogen-bond acceptors (Lipinski definition) is 3. The number of nitrogens with zero attached hydrogens (tertiary/aromatic N) is 1. The van der Waals surface area contributed by atoms with Crippen LogP contribution in [0.15, 0.2) is 0 Å². The van der Waals surface area contributed by atoms with Gasteiger partial charge < -0.3 is 10.5 Å². The third-order valence-corrected chi connectivity index (χ3v) is 2.72. The molecule has 0 aromatic rings. The lowest BCUT2D eigenvalue weighted by Gasteiger charge is -2.38. The summed E-state index contributed by atoms with van der Waals surface area (Å²) >= 11 is 0. The molecule has 1 saturated heterocycles. The van der Waals surface area contributed by atoms with Gasteiger partial charge in [-0.2, -0.15) is 0 Å². The highest BCUT2D eigenvalue weighted by Crippen LogP contribution is 2.14. The first-order valence-corrected chi connectivity index (χ1v) is 5.32. The summed E-state index contributed by atoms with van der Waals surface area (Å²) in [7, 11) is 0. The first-order chi connectivity index (χ1) is 6.63. The molecule has 2 unspecified atom stereocenters. The van der Waals surface area contributed by atoms with Crippen molar-refractivity contribution in [3.63, 3.8) is 0 Å². The number of nitrogens with one attached hydrogen (secondary N) is 1. The number of rotatable bonds is 4. The quantitative estimate of drug-likeness (QED) is 0.520. The molecule has 0 bridgehead atoms. The van der Waals surface area contributed by atoms with Gasteiger partial charge >= 0.3 is 0 Å². The van der Waals surface area contributed by atoms with Crippen LogP contribution in [0.4, 0.5) is 0 Å². The van der Waals surface area contributed by atoms with Crippen molar-refractivity contribution < 1.29 is 4.74 Å². The fourth-order valence-corrected chi connectivity index (χ4v) is 1.83. The van der Waals surface area contributed by atoms with E-state index in [1.165, 1.54) is 0 Å². The molecule has 1 heterocycles. The van der Waals surface area contributed by atoms with Gasteiger partial charge in [-0.05, 0) is 13.3 Å². The van der Waals surface area contributed by atoms with Gasteiger partial charge in [-0.15, -0.1) is 0 Å². The van der Waals surface area contributed by atoms with Gasteiger partial charge in [0.05, 0.1) is 18.5 Å². The second-order valence-electron chi connectivity index (χ2n) is 3.98. The van der Waals surface area contributed by atoms with Crippen molar-refractivity contribution >= 4 is 5.84 Å². The van der Waals surface area contributed by atoms with E-state index in [0.29, 0.717) is 18.6 Å². The molecule has 2 atom stereocenters. The number of nitrogens with two attached hydrogens (primary N) is 1. The summed E-state index contributed by atoms with van der Waals surface area (Å²) in [5.41, 5.74) is 5.36. The predicted molar refractivity (Wildman–Crippen MR) is 57.6 cm³/mol. The summed E-state index contributed by atoms with van der Waals surface area (Å²) in [5, 5.41) is 7.21. The maximum absolute atomic E-state index is 7.21. The van der Waals surface area contributed by atoms with E-state index >= 15 is 0 Å². The van der Waals surface area contributed by atoms with E-state index in [-0.39, 0.29) is 5.84 Å². The Morgan fingerprint density at radius 1 is 1.64 bits per heavy atom. The van der Waals surface area contributed by atoms with Crippen molar-refractivity contribution in [3.8, 4) is 0 Å². The minimum Gasteiger partial charge on any atom is -0.388 e. The highest BCUT2D eigenvalue weighted by molar-refractivity contribution is 5.76. The summed E-state index contributed by atoms with van der Waals surface area (Å²) in [6.45, 7) is 6.93. The normalized spacial score (nSPS) is 29.0. The van der Waals surface area contributed by atoms with E-state index in [0.717, 1.165) is 26.1 Å². The van der Waals surface area contributed by atoms with Crippen LogP contribution in [0.1, 0.15) is 26.7 Å². The molecule has 14 heavy (non-hydrogen) atoms. The molecule has 0 amide bonds. The molecule has 4 nitrogen and oxygen atoms in total. The first kappa shape index (κ1) is 11.5. The van der Waals surface area contributed by atoms with Gasteiger partial charge in [0.25, 0.3) is 0 Å². The van der Waals surface area contributed by atoms with Crippen molar-refractivity contribution in [1.82, 2.24) is 4.90 Å². The molecule has 1 aliphatic rings. The minimum absolute atomic E-state index is 0.277. The van der Waals surface area contributed by atoms with Crippen LogP contribution in [0.3, 0.4) is 0 Å². The van der Waals surface area contributed by atoms with E-state index in [9.17, 15) is 0 Å². The van der Waals surface area contributed by atoms with Crippen LogP contribution in [-0.2, 0) is 4.74 Å². The van der Waals surface area contributed by atoms with Crippen LogP contribution in [0, 0.1) is 5.41 Å². The topological polar surface area (TPSA) is 62.3 Å². The zero-order valence-corrected chi connectivity index (χ0v) is 9.12. The fraction of sp³-hybridized carbons (Fsp3) is 0.900. The van der Waals surface area contributed by atoms with Gasteiger partial charge in [-0.1, -0.05) is 6.92 Å². The minimum atomic E-state index is 0.277. The highest BCUT2D eigenvalue weighted by Gasteiger charge is 2.24. The Kier molecular flexibility index (Phi) is 4.35. The van der Waals surface area contributed by atoms with E-state index in [2.05, 4.69) is 18.7 Å². The summed E-state index contributed by atoms with van der Waals surface area (Å²) in [6, 6.07) is 0.505. The van der Waals surface area contributed by atoms with Gasteiger partial charge in [-0.3, -0.25) is 10.3 Å². The van der Waals surface area contributed by atoms with Gasteiger partial charge in [0, 0.05) is 25.6 Å². The molecule has 3 N–H and O–H groups in total. The van der Waals surface area contributed by atoms with E-state index in [1.807, 2.05) is 0 Å². The van der Waals surface area contributed by atoms with Crippen LogP contribution < -0.4 is 5.73 Å². The Morgan fingerprint density at radius 3 is 2.93 bits per heavy atom. The standard InChI is InChI=1S/C10H21N3O/c1-3-9-7-14-8(2)6-13(9)5-4-10(11)12/h8-9H,3-7H2,1-2H3,(H3,11,12). The Labute approximate surface area is 85.9 Å². The van der Waals surface area contributed by atoms with E-state index in [4.69, 9.17) is 15.9 Å². The lowest BCUT2D eigenvalue weighted by Crippen LogP contribution is -2.49. The van der Waals surface area contributed by atoms with Crippen molar-refractivity contribution in [1.29, 1.82) is 5.41 Å². The SMILES string of the molecule is CCC1COC(C)CN1CCC(=N)N. The Bertz CT molecular complexity index is 196. The Morgan fingerprint density at radius 2 is 2.36 bits per heavy atom. The molecule has 0 aromatic heterocycles. The maximum Gasteiger partial charge on any atom is 0.0918 e. The summed E-state index contributed by atoms with van der Waals surface area (Å²) in [5.74, 6) is 0.277. The van der Waals surface area contributed by atoms with Crippen LogP contribution >= 0.6 is 0 Å². The van der Waals surface area contributed by atoms with Crippen LogP contribution in [0.2, 0.25) is 0 Å². The number of ether oxygens (including phenoxy) is 1. The summed E-state index contributed by atoms with van der Waals surface area (Å²) in [6.07, 6.45) is 2.08. The number of hydrogen-bond donors (Lipinski definition) is 2. The van der Waals surface area contributed by atoms with Crippen LogP contribution in [0.5, 0.6) is 0 Å². The molecule has 0 spiro atoms. The molecular formula is C10H21N3O. The van der Waals surface area contributed by atoms with Gasteiger partial charge in [-0.25, -0.2) is 0 Å². The molecule has 4 heteroatoms. The largest absolute Gasteiger partial charge is 0.388 e. The monoisotopic (exact) mass is 199 g/mol.